The van der Waals surface area contributed by atoms with Crippen LogP contribution in [0.25, 0.3) is 228 Å². The molecule has 0 radical (unpaired) electrons. The number of hydrogen-bond acceptors (Lipinski definition) is 0. The maximum absolute atomic E-state index is 2.53. The summed E-state index contributed by atoms with van der Waals surface area (Å²) in [7, 11) is 0. The van der Waals surface area contributed by atoms with Crippen molar-refractivity contribution in [3.8, 4) is 66.8 Å². The minimum absolute atomic E-state index is 1.16. The Morgan fingerprint density at radius 1 is 0.0882 bits per heavy atom. The molecule has 0 nitrogen and oxygen atoms in total. The second-order valence-corrected chi connectivity index (χ2v) is 28.1. The molecule has 0 aliphatic rings. The normalized spacial score (nSPS) is 12.1. The molecule has 0 saturated heterocycles. The molecule has 0 saturated carbocycles. The van der Waals surface area contributed by atoms with Crippen molar-refractivity contribution in [2.24, 2.45) is 0 Å². The molecule has 0 bridgehead atoms. The van der Waals surface area contributed by atoms with Crippen molar-refractivity contribution in [3.63, 3.8) is 0 Å². The van der Waals surface area contributed by atoms with Gasteiger partial charge in [-0.1, -0.05) is 291 Å². The number of rotatable bonds is 6. The lowest BCUT2D eigenvalue weighted by Gasteiger charge is -2.22. The smallest absolute Gasteiger partial charge is 0.00259 e. The summed E-state index contributed by atoms with van der Waals surface area (Å²) >= 11 is 0. The summed E-state index contributed by atoms with van der Waals surface area (Å²) in [6.45, 7) is 0. The average Bonchev–Trinajstić information content (AvgIpc) is 0.722. The lowest BCUT2D eigenvalue weighted by molar-refractivity contribution is 1.63. The molecule has 0 heterocycles. The Labute approximate surface area is 588 Å². The molecular formula is C102H60. The van der Waals surface area contributed by atoms with Crippen molar-refractivity contribution in [2.45, 2.75) is 0 Å². The maximum atomic E-state index is 2.53. The third kappa shape index (κ3) is 8.64. The lowest BCUT2D eigenvalue weighted by Crippen LogP contribution is -1.95. The first kappa shape index (κ1) is 56.7. The van der Waals surface area contributed by atoms with E-state index in [1.807, 2.05) is 0 Å². The number of benzene rings is 22. The molecule has 102 heavy (non-hydrogen) atoms. The minimum Gasteiger partial charge on any atom is -0.0616 e. The van der Waals surface area contributed by atoms with E-state index in [2.05, 4.69) is 364 Å². The van der Waals surface area contributed by atoms with Crippen LogP contribution in [-0.2, 0) is 0 Å². The van der Waals surface area contributed by atoms with Gasteiger partial charge in [0.2, 0.25) is 0 Å². The van der Waals surface area contributed by atoms with Crippen molar-refractivity contribution >= 4 is 162 Å². The molecule has 0 spiro atoms. The number of hydrogen-bond donors (Lipinski definition) is 0. The first-order valence-electron chi connectivity index (χ1n) is 35.6. The summed E-state index contributed by atoms with van der Waals surface area (Å²) in [6.07, 6.45) is 0. The predicted molar refractivity (Wildman–Crippen MR) is 442 cm³/mol. The van der Waals surface area contributed by atoms with Gasteiger partial charge in [0.05, 0.1) is 0 Å². The molecule has 468 valence electrons. The molecule has 0 N–H and O–H groups in total. The van der Waals surface area contributed by atoms with E-state index in [4.69, 9.17) is 0 Å². The maximum Gasteiger partial charge on any atom is -0.00259 e. The molecular weight excluding hydrogens is 1230 g/mol. The first-order valence-corrected chi connectivity index (χ1v) is 35.6. The fraction of sp³-hybridized carbons (Fsp3) is 0. The van der Waals surface area contributed by atoms with Gasteiger partial charge in [0.25, 0.3) is 0 Å². The molecule has 0 heteroatoms. The topological polar surface area (TPSA) is 0 Å². The predicted octanol–water partition coefficient (Wildman–Crippen LogP) is 29.0. The molecule has 0 fully saturated rings. The van der Waals surface area contributed by atoms with Crippen LogP contribution in [0.5, 0.6) is 0 Å². The third-order valence-corrected chi connectivity index (χ3v) is 22.6. The Bertz CT molecular complexity index is 6550. The van der Waals surface area contributed by atoms with Crippen LogP contribution < -0.4 is 0 Å². The van der Waals surface area contributed by atoms with Crippen LogP contribution in [0.4, 0.5) is 0 Å². The van der Waals surface area contributed by atoms with Crippen LogP contribution in [-0.4, -0.2) is 0 Å². The summed E-state index contributed by atoms with van der Waals surface area (Å²) in [5.41, 5.74) is 14.5. The molecule has 0 amide bonds. The van der Waals surface area contributed by atoms with Gasteiger partial charge in [-0.25, -0.2) is 0 Å². The summed E-state index contributed by atoms with van der Waals surface area (Å²) in [5, 5.41) is 37.2. The van der Waals surface area contributed by atoms with E-state index >= 15 is 0 Å². The SMILES string of the molecule is c1ccc2c(c1)ccc1cc3cc(-c4c5ccccc5c(-c5cc(-c6c7ccccc7c(-c7ccc8cc9c(ccc%10ccccc%109)cc8c7)c7ccccc67)cc(-c6c7ccccc7c(-c7ccc8cc9c(ccc%10ccccc%109)cc8c7)c7ccccc67)c5)c5ccccc45)ccc3cc12. The summed E-state index contributed by atoms with van der Waals surface area (Å²) in [6, 6.07) is 138. The molecule has 22 rings (SSSR count). The van der Waals surface area contributed by atoms with Crippen molar-refractivity contribution in [2.75, 3.05) is 0 Å². The van der Waals surface area contributed by atoms with E-state index < -0.39 is 0 Å². The highest BCUT2D eigenvalue weighted by Gasteiger charge is 2.25. The van der Waals surface area contributed by atoms with Gasteiger partial charge in [-0.3, -0.25) is 0 Å². The molecule has 0 aliphatic carbocycles. The minimum atomic E-state index is 1.16. The molecule has 0 aliphatic heterocycles. The molecule has 0 aromatic heterocycles. The fourth-order valence-corrected chi connectivity index (χ4v) is 18.0. The van der Waals surface area contributed by atoms with Crippen LogP contribution in [0.1, 0.15) is 0 Å². The van der Waals surface area contributed by atoms with E-state index in [0.717, 1.165) is 16.7 Å². The zero-order chi connectivity index (χ0) is 66.7. The zero-order valence-electron chi connectivity index (χ0n) is 55.6. The van der Waals surface area contributed by atoms with E-state index in [1.165, 1.54) is 212 Å². The molecule has 22 aromatic rings. The Kier molecular flexibility index (Phi) is 12.3. The zero-order valence-corrected chi connectivity index (χ0v) is 55.6. The highest BCUT2D eigenvalue weighted by molar-refractivity contribution is 6.28. The molecule has 0 unspecified atom stereocenters. The molecule has 22 aromatic carbocycles. The quantitative estimate of drug-likeness (QED) is 0.115. The van der Waals surface area contributed by atoms with Gasteiger partial charge < -0.3 is 0 Å². The Morgan fingerprint density at radius 3 is 0.510 bits per heavy atom. The van der Waals surface area contributed by atoms with Gasteiger partial charge >= 0.3 is 0 Å². The average molecular weight is 1290 g/mol. The monoisotopic (exact) mass is 1280 g/mol. The highest BCUT2D eigenvalue weighted by Crippen LogP contribution is 2.52. The van der Waals surface area contributed by atoms with Crippen molar-refractivity contribution in [3.05, 3.63) is 364 Å². The Balaban J connectivity index is 0.799. The van der Waals surface area contributed by atoms with Crippen LogP contribution in [0.3, 0.4) is 0 Å². The fourth-order valence-electron chi connectivity index (χ4n) is 18.0. The van der Waals surface area contributed by atoms with Gasteiger partial charge in [0.1, 0.15) is 0 Å². The first-order chi connectivity index (χ1) is 50.5. The van der Waals surface area contributed by atoms with Crippen LogP contribution in [0, 0.1) is 0 Å². The van der Waals surface area contributed by atoms with Crippen molar-refractivity contribution < 1.29 is 0 Å². The van der Waals surface area contributed by atoms with E-state index in [1.54, 1.807) is 0 Å². The third-order valence-electron chi connectivity index (χ3n) is 22.6. The van der Waals surface area contributed by atoms with Gasteiger partial charge in [-0.2, -0.15) is 0 Å². The van der Waals surface area contributed by atoms with Crippen LogP contribution in [0.15, 0.2) is 364 Å². The molecule has 0 atom stereocenters. The van der Waals surface area contributed by atoms with Crippen molar-refractivity contribution in [1.29, 1.82) is 0 Å². The lowest BCUT2D eigenvalue weighted by atomic mass is 9.81. The van der Waals surface area contributed by atoms with Gasteiger partial charge in [-0.05, 0) is 301 Å². The van der Waals surface area contributed by atoms with Crippen LogP contribution in [0.2, 0.25) is 0 Å². The Hall–Kier alpha value is -13.3. The second kappa shape index (κ2) is 22.1. The summed E-state index contributed by atoms with van der Waals surface area (Å²) in [5.74, 6) is 0. The Morgan fingerprint density at radius 2 is 0.275 bits per heavy atom. The van der Waals surface area contributed by atoms with E-state index in [0.29, 0.717) is 0 Å². The van der Waals surface area contributed by atoms with Crippen LogP contribution >= 0.6 is 0 Å². The largest absolute Gasteiger partial charge is 0.0616 e. The standard InChI is InChI=1S/C102H60/c1-4-22-79-61(19-1)37-43-67-49-73-52-70(46-40-64(73)58-94(67)79)97-82-25-7-13-31-88(82)100(89-32-14-8-26-83(89)97)76-55-77(101-90-33-15-9-27-84(90)98(85-28-10-16-34-91(85)101)71-47-41-65-59-95-68(50-74(65)53-71)44-38-62-20-2-5-23-80(62)95)57-78(56-76)102-92-35-17-11-29-86(92)99(87-30-12-18-36-93(87)102)72-48-42-66-60-96-69(51-75(66)54-72)45-39-63-21-3-6-24-81(63)96/h1-60H. The van der Waals surface area contributed by atoms with Gasteiger partial charge in [0, 0.05) is 0 Å². The second-order valence-electron chi connectivity index (χ2n) is 28.1. The number of fused-ring (bicyclic) bond motifs is 18. The van der Waals surface area contributed by atoms with E-state index in [-0.39, 0.29) is 0 Å². The summed E-state index contributed by atoms with van der Waals surface area (Å²) in [4.78, 5) is 0. The van der Waals surface area contributed by atoms with Gasteiger partial charge in [0.15, 0.2) is 0 Å². The van der Waals surface area contributed by atoms with E-state index in [9.17, 15) is 0 Å². The summed E-state index contributed by atoms with van der Waals surface area (Å²) < 4.78 is 0. The highest BCUT2D eigenvalue weighted by atomic mass is 14.3. The van der Waals surface area contributed by atoms with Gasteiger partial charge in [-0.15, -0.1) is 0 Å². The van der Waals surface area contributed by atoms with Crippen molar-refractivity contribution in [1.82, 2.24) is 0 Å².